The molecule has 0 spiro atoms. The molecule has 0 radical (unpaired) electrons. The maximum Gasteiger partial charge on any atom is 0.200 e. The van der Waals surface area contributed by atoms with Crippen molar-refractivity contribution in [3.05, 3.63) is 53.6 Å². The Morgan fingerprint density at radius 1 is 1.08 bits per heavy atom. The molecule has 2 fully saturated rings. The number of ether oxygens (including phenoxy) is 2. The van der Waals surface area contributed by atoms with E-state index in [0.717, 1.165) is 36.9 Å². The number of imidazole rings is 1. The Balaban J connectivity index is 1.78. The van der Waals surface area contributed by atoms with Crippen molar-refractivity contribution < 1.29 is 14.6 Å². The Kier molecular flexibility index (Phi) is 4.63. The second-order valence-corrected chi connectivity index (χ2v) is 7.11. The number of nitrogens with zero attached hydrogens (tertiary/aromatic N) is 2. The Hall–Kier alpha value is -1.69. The summed E-state index contributed by atoms with van der Waals surface area (Å²) in [5.41, 5.74) is 0.681. The fraction of sp³-hybridized carbons (Fsp3) is 0.550. The molecule has 1 saturated carbocycles. The Morgan fingerprint density at radius 2 is 1.76 bits per heavy atom. The fourth-order valence-corrected chi connectivity index (χ4v) is 4.28. The van der Waals surface area contributed by atoms with E-state index in [2.05, 4.69) is 4.98 Å². The zero-order valence-corrected chi connectivity index (χ0v) is 14.7. The first-order valence-electron chi connectivity index (χ1n) is 9.24. The molecule has 5 nitrogen and oxygen atoms in total. The summed E-state index contributed by atoms with van der Waals surface area (Å²) < 4.78 is 13.2. The predicted molar refractivity (Wildman–Crippen MR) is 93.9 cm³/mol. The first kappa shape index (κ1) is 16.8. The molecule has 1 aromatic carbocycles. The molecular formula is C20H26N2O3. The molecule has 1 aromatic heterocycles. The molecule has 1 unspecified atom stereocenters. The zero-order chi connectivity index (χ0) is 17.3. The minimum atomic E-state index is -1.09. The lowest BCUT2D eigenvalue weighted by molar-refractivity contribution is -0.0510. The Labute approximate surface area is 148 Å². The lowest BCUT2D eigenvalue weighted by Gasteiger charge is -2.38. The van der Waals surface area contributed by atoms with Crippen LogP contribution in [0.4, 0.5) is 0 Å². The van der Waals surface area contributed by atoms with Crippen molar-refractivity contribution in [1.82, 2.24) is 9.55 Å². The molecule has 0 amide bonds. The second-order valence-electron chi connectivity index (χ2n) is 7.11. The van der Waals surface area contributed by atoms with Gasteiger partial charge < -0.3 is 19.1 Å². The molecular weight excluding hydrogens is 316 g/mol. The minimum Gasteiger partial charge on any atom is -0.377 e. The molecule has 2 heterocycles. The first-order chi connectivity index (χ1) is 12.2. The molecule has 1 saturated heterocycles. The van der Waals surface area contributed by atoms with Gasteiger partial charge >= 0.3 is 0 Å². The van der Waals surface area contributed by atoms with E-state index in [-0.39, 0.29) is 5.92 Å². The van der Waals surface area contributed by atoms with Gasteiger partial charge in [-0.25, -0.2) is 4.98 Å². The van der Waals surface area contributed by atoms with Crippen LogP contribution >= 0.6 is 0 Å². The van der Waals surface area contributed by atoms with E-state index in [1.54, 1.807) is 6.20 Å². The monoisotopic (exact) mass is 342 g/mol. The van der Waals surface area contributed by atoms with E-state index in [1.807, 2.05) is 41.9 Å². The van der Waals surface area contributed by atoms with Crippen molar-refractivity contribution in [3.8, 4) is 0 Å². The Morgan fingerprint density at radius 3 is 2.44 bits per heavy atom. The highest BCUT2D eigenvalue weighted by Gasteiger charge is 2.44. The van der Waals surface area contributed by atoms with Gasteiger partial charge in [0.25, 0.3) is 0 Å². The van der Waals surface area contributed by atoms with E-state index in [1.165, 1.54) is 6.42 Å². The van der Waals surface area contributed by atoms with Crippen molar-refractivity contribution in [2.24, 2.45) is 13.0 Å². The highest BCUT2D eigenvalue weighted by molar-refractivity contribution is 5.32. The predicted octanol–water partition coefficient (Wildman–Crippen LogP) is 3.28. The van der Waals surface area contributed by atoms with Gasteiger partial charge in [0, 0.05) is 7.05 Å². The summed E-state index contributed by atoms with van der Waals surface area (Å²) in [5.74, 6) is 0.850. The highest BCUT2D eigenvalue weighted by Crippen LogP contribution is 2.44. The largest absolute Gasteiger partial charge is 0.377 e. The van der Waals surface area contributed by atoms with Gasteiger partial charge in [0.1, 0.15) is 11.4 Å². The van der Waals surface area contributed by atoms with Crippen LogP contribution in [0.2, 0.25) is 0 Å². The normalized spacial score (nSPS) is 22.2. The molecule has 1 aliphatic heterocycles. The summed E-state index contributed by atoms with van der Waals surface area (Å²) in [5, 5.41) is 12.0. The van der Waals surface area contributed by atoms with Crippen LogP contribution < -0.4 is 0 Å². The van der Waals surface area contributed by atoms with Crippen molar-refractivity contribution in [2.45, 2.75) is 44.0 Å². The van der Waals surface area contributed by atoms with Gasteiger partial charge in [0.15, 0.2) is 0 Å². The topological polar surface area (TPSA) is 56.5 Å². The van der Waals surface area contributed by atoms with Gasteiger partial charge in [-0.3, -0.25) is 0 Å². The van der Waals surface area contributed by atoms with Crippen LogP contribution in [-0.4, -0.2) is 27.9 Å². The number of rotatable bonds is 4. The van der Waals surface area contributed by atoms with E-state index in [0.29, 0.717) is 19.0 Å². The average Bonchev–Trinajstić information content (AvgIpc) is 3.32. The SMILES string of the molecule is Cn1c(C2OCCO2)cnc1C(O)(c1ccccc1)C1CCCCC1. The molecule has 25 heavy (non-hydrogen) atoms. The molecule has 5 heteroatoms. The fourth-order valence-electron chi connectivity index (χ4n) is 4.28. The molecule has 134 valence electrons. The smallest absolute Gasteiger partial charge is 0.200 e. The van der Waals surface area contributed by atoms with Crippen LogP contribution in [0.5, 0.6) is 0 Å². The zero-order valence-electron chi connectivity index (χ0n) is 14.7. The summed E-state index contributed by atoms with van der Waals surface area (Å²) >= 11 is 0. The van der Waals surface area contributed by atoms with Gasteiger partial charge in [0.05, 0.1) is 25.1 Å². The van der Waals surface area contributed by atoms with Crippen molar-refractivity contribution in [2.75, 3.05) is 13.2 Å². The van der Waals surface area contributed by atoms with Gasteiger partial charge in [-0.15, -0.1) is 0 Å². The highest BCUT2D eigenvalue weighted by atomic mass is 16.7. The molecule has 2 aromatic rings. The number of aliphatic hydroxyl groups is 1. The molecule has 1 atom stereocenters. The third-order valence-electron chi connectivity index (χ3n) is 5.64. The van der Waals surface area contributed by atoms with Crippen molar-refractivity contribution >= 4 is 0 Å². The quantitative estimate of drug-likeness (QED) is 0.926. The number of hydrogen-bond donors (Lipinski definition) is 1. The van der Waals surface area contributed by atoms with Crippen LogP contribution in [0.15, 0.2) is 36.5 Å². The minimum absolute atomic E-state index is 0.169. The van der Waals surface area contributed by atoms with Crippen LogP contribution in [0.1, 0.15) is 55.5 Å². The molecule has 0 bridgehead atoms. The molecule has 1 N–H and O–H groups in total. The van der Waals surface area contributed by atoms with E-state index < -0.39 is 11.9 Å². The summed E-state index contributed by atoms with van der Waals surface area (Å²) in [4.78, 5) is 4.64. The Bertz CT molecular complexity index is 703. The van der Waals surface area contributed by atoms with Gasteiger partial charge in [-0.2, -0.15) is 0 Å². The third-order valence-corrected chi connectivity index (χ3v) is 5.64. The summed E-state index contributed by atoms with van der Waals surface area (Å²) in [7, 11) is 1.94. The molecule has 1 aliphatic carbocycles. The van der Waals surface area contributed by atoms with Crippen LogP contribution in [0.25, 0.3) is 0 Å². The van der Waals surface area contributed by atoms with Gasteiger partial charge in [0.2, 0.25) is 6.29 Å². The van der Waals surface area contributed by atoms with Crippen molar-refractivity contribution in [3.63, 3.8) is 0 Å². The van der Waals surface area contributed by atoms with Crippen LogP contribution in [0, 0.1) is 5.92 Å². The van der Waals surface area contributed by atoms with Crippen LogP contribution in [0.3, 0.4) is 0 Å². The maximum atomic E-state index is 12.0. The van der Waals surface area contributed by atoms with Gasteiger partial charge in [-0.05, 0) is 24.3 Å². The summed E-state index contributed by atoms with van der Waals surface area (Å²) in [6.07, 6.45) is 6.99. The number of benzene rings is 1. The first-order valence-corrected chi connectivity index (χ1v) is 9.24. The third kappa shape index (κ3) is 2.90. The van der Waals surface area contributed by atoms with E-state index >= 15 is 0 Å². The average molecular weight is 342 g/mol. The lowest BCUT2D eigenvalue weighted by atomic mass is 9.73. The lowest BCUT2D eigenvalue weighted by Crippen LogP contribution is -2.40. The number of aromatic nitrogens is 2. The van der Waals surface area contributed by atoms with Crippen molar-refractivity contribution in [1.29, 1.82) is 0 Å². The van der Waals surface area contributed by atoms with E-state index in [4.69, 9.17) is 9.47 Å². The van der Waals surface area contributed by atoms with Crippen LogP contribution in [-0.2, 0) is 22.1 Å². The standard InChI is InChI=1S/C20H26N2O3/c1-22-17(18-24-12-13-25-18)14-21-19(22)20(23,15-8-4-2-5-9-15)16-10-6-3-7-11-16/h2,4-5,8-9,14,16,18,23H,3,6-7,10-13H2,1H3. The number of hydrogen-bond acceptors (Lipinski definition) is 4. The summed E-state index contributed by atoms with van der Waals surface area (Å²) in [6.45, 7) is 1.19. The van der Waals surface area contributed by atoms with E-state index in [9.17, 15) is 5.11 Å². The second kappa shape index (κ2) is 6.90. The maximum absolute atomic E-state index is 12.0. The summed E-state index contributed by atoms with van der Waals surface area (Å²) in [6, 6.07) is 9.96. The molecule has 4 rings (SSSR count). The molecule has 2 aliphatic rings. The van der Waals surface area contributed by atoms with Gasteiger partial charge in [-0.1, -0.05) is 49.6 Å².